The zero-order valence-corrected chi connectivity index (χ0v) is 11.9. The molecule has 108 valence electrons. The van der Waals surface area contributed by atoms with E-state index in [4.69, 9.17) is 4.74 Å². The molecule has 1 aliphatic heterocycles. The van der Waals surface area contributed by atoms with Gasteiger partial charge in [-0.1, -0.05) is 42.5 Å². The van der Waals surface area contributed by atoms with Gasteiger partial charge < -0.3 is 4.74 Å². The van der Waals surface area contributed by atoms with Crippen molar-refractivity contribution in [2.24, 2.45) is 4.99 Å². The van der Waals surface area contributed by atoms with Crippen molar-refractivity contribution in [1.82, 2.24) is 0 Å². The summed E-state index contributed by atoms with van der Waals surface area (Å²) < 4.78 is 5.50. The molecule has 0 saturated carbocycles. The molecule has 0 aliphatic carbocycles. The van der Waals surface area contributed by atoms with Crippen LogP contribution in [-0.2, 0) is 4.74 Å². The Hall–Kier alpha value is -2.43. The molecule has 2 aromatic carbocycles. The van der Waals surface area contributed by atoms with E-state index >= 15 is 0 Å². The van der Waals surface area contributed by atoms with Crippen LogP contribution in [-0.4, -0.2) is 23.0 Å². The second-order valence-corrected chi connectivity index (χ2v) is 5.81. The number of hydrogen-bond acceptors (Lipinski definition) is 4. The van der Waals surface area contributed by atoms with Crippen molar-refractivity contribution in [3.63, 3.8) is 0 Å². The van der Waals surface area contributed by atoms with Crippen molar-refractivity contribution in [2.75, 3.05) is 6.61 Å². The highest BCUT2D eigenvalue weighted by molar-refractivity contribution is 5.92. The zero-order valence-electron chi connectivity index (χ0n) is 11.9. The van der Waals surface area contributed by atoms with E-state index in [0.717, 1.165) is 10.8 Å². The van der Waals surface area contributed by atoms with Gasteiger partial charge in [0.2, 0.25) is 0 Å². The first-order chi connectivity index (χ1) is 9.98. The molecule has 0 aromatic heterocycles. The number of nitrogens with zero attached hydrogens (tertiary/aromatic N) is 2. The minimum Gasteiger partial charge on any atom is -0.473 e. The van der Waals surface area contributed by atoms with Gasteiger partial charge in [0, 0.05) is 10.5 Å². The predicted molar refractivity (Wildman–Crippen MR) is 81.1 cm³/mol. The Morgan fingerprint density at radius 1 is 1.24 bits per heavy atom. The van der Waals surface area contributed by atoms with Crippen molar-refractivity contribution < 1.29 is 9.66 Å². The SMILES string of the molecule is CC1(C)COC(C(c2cccc3ccccc23)[N+](=O)[O-])=N1. The van der Waals surface area contributed by atoms with E-state index in [9.17, 15) is 10.1 Å². The molecular weight excluding hydrogens is 268 g/mol. The summed E-state index contributed by atoms with van der Waals surface area (Å²) in [6.45, 7) is 4.18. The summed E-state index contributed by atoms with van der Waals surface area (Å²) in [4.78, 5) is 15.6. The van der Waals surface area contributed by atoms with E-state index in [1.807, 2.05) is 50.2 Å². The molecule has 3 rings (SSSR count). The Morgan fingerprint density at radius 2 is 1.95 bits per heavy atom. The van der Waals surface area contributed by atoms with Crippen molar-refractivity contribution in [1.29, 1.82) is 0 Å². The number of nitro groups is 1. The largest absolute Gasteiger partial charge is 0.473 e. The first-order valence-corrected chi connectivity index (χ1v) is 6.82. The van der Waals surface area contributed by atoms with E-state index in [2.05, 4.69) is 4.99 Å². The summed E-state index contributed by atoms with van der Waals surface area (Å²) in [5.41, 5.74) is 0.211. The molecule has 0 fully saturated rings. The van der Waals surface area contributed by atoms with Crippen molar-refractivity contribution in [3.05, 3.63) is 58.1 Å². The highest BCUT2D eigenvalue weighted by Crippen LogP contribution is 2.31. The summed E-state index contributed by atoms with van der Waals surface area (Å²) in [5, 5.41) is 13.4. The maximum absolute atomic E-state index is 11.6. The molecule has 0 spiro atoms. The van der Waals surface area contributed by atoms with Crippen LogP contribution in [0.3, 0.4) is 0 Å². The first kappa shape index (κ1) is 13.5. The van der Waals surface area contributed by atoms with Crippen molar-refractivity contribution in [3.8, 4) is 0 Å². The molecule has 0 radical (unpaired) electrons. The highest BCUT2D eigenvalue weighted by Gasteiger charge is 2.39. The lowest BCUT2D eigenvalue weighted by Crippen LogP contribution is -2.21. The van der Waals surface area contributed by atoms with Crippen LogP contribution in [0.4, 0.5) is 0 Å². The fraction of sp³-hybridized carbons (Fsp3) is 0.312. The van der Waals surface area contributed by atoms with Crippen LogP contribution in [0.1, 0.15) is 25.5 Å². The van der Waals surface area contributed by atoms with Crippen LogP contribution < -0.4 is 0 Å². The molecule has 0 amide bonds. The Bertz CT molecular complexity index is 732. The number of benzene rings is 2. The molecular formula is C16H16N2O3. The zero-order chi connectivity index (χ0) is 15.0. The minimum atomic E-state index is -1.06. The van der Waals surface area contributed by atoms with Crippen LogP contribution in [0.5, 0.6) is 0 Å². The van der Waals surface area contributed by atoms with Gasteiger partial charge >= 0.3 is 6.04 Å². The van der Waals surface area contributed by atoms with Crippen LogP contribution in [0.15, 0.2) is 47.5 Å². The van der Waals surface area contributed by atoms with Crippen LogP contribution >= 0.6 is 0 Å². The molecule has 0 bridgehead atoms. The molecule has 1 aliphatic rings. The monoisotopic (exact) mass is 284 g/mol. The number of fused-ring (bicyclic) bond motifs is 1. The van der Waals surface area contributed by atoms with Gasteiger partial charge in [-0.25, -0.2) is 4.99 Å². The Morgan fingerprint density at radius 3 is 2.62 bits per heavy atom. The lowest BCUT2D eigenvalue weighted by Gasteiger charge is -2.12. The quantitative estimate of drug-likeness (QED) is 0.641. The molecule has 1 heterocycles. The molecule has 5 heteroatoms. The van der Waals surface area contributed by atoms with Gasteiger partial charge in [-0.15, -0.1) is 0 Å². The molecule has 1 atom stereocenters. The third-order valence-corrected chi connectivity index (χ3v) is 3.55. The number of aliphatic imine (C=N–C) groups is 1. The Balaban J connectivity index is 2.16. The molecule has 1 unspecified atom stereocenters. The standard InChI is InChI=1S/C16H16N2O3/c1-16(2)10-21-15(17-16)14(18(19)20)13-9-5-7-11-6-3-4-8-12(11)13/h3-9,14H,10H2,1-2H3. The number of rotatable bonds is 3. The van der Waals surface area contributed by atoms with E-state index in [0.29, 0.717) is 12.2 Å². The van der Waals surface area contributed by atoms with E-state index < -0.39 is 11.6 Å². The molecule has 2 aromatic rings. The van der Waals surface area contributed by atoms with Gasteiger partial charge in [0.15, 0.2) is 0 Å². The molecule has 5 nitrogen and oxygen atoms in total. The van der Waals surface area contributed by atoms with Gasteiger partial charge in [-0.3, -0.25) is 10.1 Å². The van der Waals surface area contributed by atoms with Crippen molar-refractivity contribution in [2.45, 2.75) is 25.4 Å². The van der Waals surface area contributed by atoms with Gasteiger partial charge in [0.05, 0.1) is 5.54 Å². The van der Waals surface area contributed by atoms with E-state index in [-0.39, 0.29) is 10.8 Å². The first-order valence-electron chi connectivity index (χ1n) is 6.82. The Labute approximate surface area is 122 Å². The van der Waals surface area contributed by atoms with E-state index in [1.54, 1.807) is 6.07 Å². The normalized spacial score (nSPS) is 18.1. The fourth-order valence-electron chi connectivity index (χ4n) is 2.58. The smallest absolute Gasteiger partial charge is 0.312 e. The van der Waals surface area contributed by atoms with Crippen LogP contribution in [0, 0.1) is 10.1 Å². The fourth-order valence-corrected chi connectivity index (χ4v) is 2.58. The summed E-state index contributed by atoms with van der Waals surface area (Å²) in [6, 6.07) is 12.1. The summed E-state index contributed by atoms with van der Waals surface area (Å²) >= 11 is 0. The summed E-state index contributed by atoms with van der Waals surface area (Å²) in [5.74, 6) is 0.196. The third-order valence-electron chi connectivity index (χ3n) is 3.55. The predicted octanol–water partition coefficient (Wildman–Crippen LogP) is 3.36. The van der Waals surface area contributed by atoms with E-state index in [1.165, 1.54) is 0 Å². The van der Waals surface area contributed by atoms with Gasteiger partial charge in [0.25, 0.3) is 5.90 Å². The number of hydrogen-bond donors (Lipinski definition) is 0. The minimum absolute atomic E-state index is 0.196. The second-order valence-electron chi connectivity index (χ2n) is 5.81. The molecule has 0 N–H and O–H groups in total. The topological polar surface area (TPSA) is 64.7 Å². The average Bonchev–Trinajstić information content (AvgIpc) is 2.79. The molecule has 0 saturated heterocycles. The Kier molecular flexibility index (Phi) is 3.12. The summed E-state index contributed by atoms with van der Waals surface area (Å²) in [6.07, 6.45) is 0. The van der Waals surface area contributed by atoms with Crippen LogP contribution in [0.2, 0.25) is 0 Å². The van der Waals surface area contributed by atoms with Crippen molar-refractivity contribution >= 4 is 16.7 Å². The average molecular weight is 284 g/mol. The van der Waals surface area contributed by atoms with Gasteiger partial charge in [-0.05, 0) is 24.6 Å². The number of ether oxygens (including phenoxy) is 1. The maximum atomic E-state index is 11.6. The molecule has 21 heavy (non-hydrogen) atoms. The second kappa shape index (κ2) is 4.84. The van der Waals surface area contributed by atoms with Gasteiger partial charge in [-0.2, -0.15) is 0 Å². The maximum Gasteiger partial charge on any atom is 0.312 e. The van der Waals surface area contributed by atoms with Crippen LogP contribution in [0.25, 0.3) is 10.8 Å². The van der Waals surface area contributed by atoms with Gasteiger partial charge in [0.1, 0.15) is 6.61 Å². The highest BCUT2D eigenvalue weighted by atomic mass is 16.6. The lowest BCUT2D eigenvalue weighted by molar-refractivity contribution is -0.510. The lowest BCUT2D eigenvalue weighted by atomic mass is 9.99. The summed E-state index contributed by atoms with van der Waals surface area (Å²) in [7, 11) is 0. The third kappa shape index (κ3) is 2.46.